The van der Waals surface area contributed by atoms with E-state index < -0.39 is 0 Å². The van der Waals surface area contributed by atoms with Crippen LogP contribution in [-0.2, 0) is 0 Å². The largest absolute Gasteiger partial charge is 0.391 e. The molecule has 0 saturated heterocycles. The van der Waals surface area contributed by atoms with E-state index in [2.05, 4.69) is 6.58 Å². The Morgan fingerprint density at radius 2 is 1.64 bits per heavy atom. The Kier molecular flexibility index (Phi) is 10.6. The number of halogens is 1. The van der Waals surface area contributed by atoms with Crippen molar-refractivity contribution in [3.05, 3.63) is 23.8 Å². The third kappa shape index (κ3) is 9.82. The van der Waals surface area contributed by atoms with E-state index in [1.165, 1.54) is 32.1 Å². The highest BCUT2D eigenvalue weighted by atomic mass is 35.5. The zero-order chi connectivity index (χ0) is 10.6. The number of rotatable bonds is 9. The summed E-state index contributed by atoms with van der Waals surface area (Å²) < 4.78 is 0. The average Bonchev–Trinajstić information content (AvgIpc) is 2.21. The molecular formula is C12H21ClO. The van der Waals surface area contributed by atoms with Gasteiger partial charge >= 0.3 is 0 Å². The summed E-state index contributed by atoms with van der Waals surface area (Å²) in [6.45, 7) is 3.66. The molecule has 0 unspecified atom stereocenters. The van der Waals surface area contributed by atoms with Crippen LogP contribution in [0.2, 0.25) is 0 Å². The molecule has 0 amide bonds. The Morgan fingerprint density at radius 1 is 1.07 bits per heavy atom. The monoisotopic (exact) mass is 216 g/mol. The fourth-order valence-corrected chi connectivity index (χ4v) is 1.40. The van der Waals surface area contributed by atoms with Crippen molar-refractivity contribution in [1.29, 1.82) is 0 Å². The van der Waals surface area contributed by atoms with Gasteiger partial charge in [-0.2, -0.15) is 0 Å². The summed E-state index contributed by atoms with van der Waals surface area (Å²) in [4.78, 5) is 0. The molecule has 0 aliphatic rings. The highest BCUT2D eigenvalue weighted by Crippen LogP contribution is 2.09. The molecule has 82 valence electrons. The van der Waals surface area contributed by atoms with Crippen LogP contribution in [-0.4, -0.2) is 11.7 Å². The van der Waals surface area contributed by atoms with Crippen molar-refractivity contribution >= 4 is 11.6 Å². The van der Waals surface area contributed by atoms with Gasteiger partial charge in [-0.25, -0.2) is 0 Å². The van der Waals surface area contributed by atoms with Crippen molar-refractivity contribution < 1.29 is 5.11 Å². The maximum Gasteiger partial charge on any atom is 0.0784 e. The van der Waals surface area contributed by atoms with Gasteiger partial charge in [0.25, 0.3) is 0 Å². The predicted molar refractivity (Wildman–Crippen MR) is 63.5 cm³/mol. The lowest BCUT2D eigenvalue weighted by molar-refractivity contribution is 0.338. The van der Waals surface area contributed by atoms with Crippen LogP contribution in [0.3, 0.4) is 0 Å². The Bertz CT molecular complexity index is 164. The maximum atomic E-state index is 8.62. The van der Waals surface area contributed by atoms with Gasteiger partial charge in [0.1, 0.15) is 0 Å². The normalized spacial score (nSPS) is 11.7. The molecule has 0 bridgehead atoms. The second-order valence-electron chi connectivity index (χ2n) is 3.44. The number of aliphatic hydroxyl groups excluding tert-OH is 1. The molecule has 0 atom stereocenters. The Balaban J connectivity index is 3.09. The molecule has 0 aromatic carbocycles. The quantitative estimate of drug-likeness (QED) is 0.456. The molecule has 0 radical (unpaired) electrons. The van der Waals surface area contributed by atoms with Crippen molar-refractivity contribution in [2.45, 2.75) is 44.9 Å². The number of hydrogen-bond acceptors (Lipinski definition) is 1. The predicted octanol–water partition coefficient (Wildman–Crippen LogP) is 4.02. The highest BCUT2D eigenvalue weighted by molar-refractivity contribution is 6.29. The number of aliphatic hydroxyl groups is 1. The van der Waals surface area contributed by atoms with Crippen molar-refractivity contribution in [3.8, 4) is 0 Å². The zero-order valence-electron chi connectivity index (χ0n) is 8.84. The minimum absolute atomic E-state index is 0.0269. The zero-order valence-corrected chi connectivity index (χ0v) is 9.60. The van der Waals surface area contributed by atoms with Gasteiger partial charge in [0, 0.05) is 5.03 Å². The van der Waals surface area contributed by atoms with Crippen LogP contribution in [0.1, 0.15) is 44.9 Å². The van der Waals surface area contributed by atoms with Crippen LogP contribution in [0.4, 0.5) is 0 Å². The molecular weight excluding hydrogens is 196 g/mol. The molecule has 1 N–H and O–H groups in total. The van der Waals surface area contributed by atoms with Crippen LogP contribution >= 0.6 is 11.6 Å². The maximum absolute atomic E-state index is 8.62. The van der Waals surface area contributed by atoms with E-state index in [0.717, 1.165) is 12.8 Å². The lowest BCUT2D eigenvalue weighted by atomic mass is 10.1. The van der Waals surface area contributed by atoms with E-state index in [-0.39, 0.29) is 6.61 Å². The average molecular weight is 217 g/mol. The van der Waals surface area contributed by atoms with Crippen LogP contribution in [0.5, 0.6) is 0 Å². The molecule has 2 heteroatoms. The Labute approximate surface area is 92.5 Å². The van der Waals surface area contributed by atoms with Gasteiger partial charge in [0.05, 0.1) is 6.61 Å². The molecule has 0 aliphatic heterocycles. The molecule has 0 rings (SSSR count). The first-order valence-corrected chi connectivity index (χ1v) is 5.75. The molecule has 0 aromatic rings. The first kappa shape index (κ1) is 13.7. The van der Waals surface area contributed by atoms with E-state index in [1.54, 1.807) is 0 Å². The van der Waals surface area contributed by atoms with Crippen molar-refractivity contribution in [2.75, 3.05) is 6.61 Å². The van der Waals surface area contributed by atoms with Gasteiger partial charge in [0.15, 0.2) is 0 Å². The van der Waals surface area contributed by atoms with E-state index in [0.29, 0.717) is 5.03 Å². The molecule has 0 heterocycles. The lowest BCUT2D eigenvalue weighted by Crippen LogP contribution is -1.82. The minimum atomic E-state index is -0.0269. The number of hydrogen-bond donors (Lipinski definition) is 1. The van der Waals surface area contributed by atoms with Gasteiger partial charge < -0.3 is 5.11 Å². The van der Waals surface area contributed by atoms with Crippen LogP contribution in [0.25, 0.3) is 0 Å². The van der Waals surface area contributed by atoms with Crippen molar-refractivity contribution in [1.82, 2.24) is 0 Å². The third-order valence-corrected chi connectivity index (χ3v) is 2.40. The van der Waals surface area contributed by atoms with Crippen LogP contribution in [0.15, 0.2) is 23.8 Å². The second kappa shape index (κ2) is 10.8. The number of allylic oxidation sites excluding steroid dienone is 2. The standard InChI is InChI=1S/C12H21ClO/c1-2-3-4-5-6-7-8-9-10-12(13)11-14/h2,10,14H,1,3-9,11H2/b12-10-. The summed E-state index contributed by atoms with van der Waals surface area (Å²) in [6.07, 6.45) is 12.3. The minimum Gasteiger partial charge on any atom is -0.391 e. The number of unbranched alkanes of at least 4 members (excludes halogenated alkanes) is 6. The fourth-order valence-electron chi connectivity index (χ4n) is 1.29. The van der Waals surface area contributed by atoms with E-state index in [9.17, 15) is 0 Å². The van der Waals surface area contributed by atoms with E-state index >= 15 is 0 Å². The SMILES string of the molecule is C=CCCCCCCC/C=C(\Cl)CO. The molecule has 0 saturated carbocycles. The van der Waals surface area contributed by atoms with Crippen LogP contribution in [0, 0.1) is 0 Å². The highest BCUT2D eigenvalue weighted by Gasteiger charge is 1.90. The topological polar surface area (TPSA) is 20.2 Å². The first-order chi connectivity index (χ1) is 6.81. The molecule has 0 fully saturated rings. The molecule has 1 nitrogen and oxygen atoms in total. The second-order valence-corrected chi connectivity index (χ2v) is 3.93. The summed E-state index contributed by atoms with van der Waals surface area (Å²) in [5, 5.41) is 9.19. The summed E-state index contributed by atoms with van der Waals surface area (Å²) in [5.41, 5.74) is 0. The van der Waals surface area contributed by atoms with Crippen molar-refractivity contribution in [2.24, 2.45) is 0 Å². The lowest BCUT2D eigenvalue weighted by Gasteiger charge is -1.98. The molecule has 14 heavy (non-hydrogen) atoms. The van der Waals surface area contributed by atoms with E-state index in [1.807, 2.05) is 12.2 Å². The Morgan fingerprint density at radius 3 is 2.21 bits per heavy atom. The summed E-state index contributed by atoms with van der Waals surface area (Å²) in [5.74, 6) is 0. The van der Waals surface area contributed by atoms with Gasteiger partial charge in [0.2, 0.25) is 0 Å². The fraction of sp³-hybridized carbons (Fsp3) is 0.667. The third-order valence-electron chi connectivity index (χ3n) is 2.13. The van der Waals surface area contributed by atoms with Gasteiger partial charge in [-0.15, -0.1) is 6.58 Å². The molecule has 0 aromatic heterocycles. The summed E-state index contributed by atoms with van der Waals surface area (Å²) in [7, 11) is 0. The van der Waals surface area contributed by atoms with Gasteiger partial charge in [-0.05, 0) is 25.7 Å². The van der Waals surface area contributed by atoms with Crippen molar-refractivity contribution in [3.63, 3.8) is 0 Å². The van der Waals surface area contributed by atoms with Crippen LogP contribution < -0.4 is 0 Å². The Hall–Kier alpha value is -0.270. The smallest absolute Gasteiger partial charge is 0.0784 e. The molecule has 0 spiro atoms. The van der Waals surface area contributed by atoms with Gasteiger partial charge in [-0.3, -0.25) is 0 Å². The first-order valence-electron chi connectivity index (χ1n) is 5.37. The summed E-state index contributed by atoms with van der Waals surface area (Å²) in [6, 6.07) is 0. The summed E-state index contributed by atoms with van der Waals surface area (Å²) >= 11 is 5.65. The van der Waals surface area contributed by atoms with E-state index in [4.69, 9.17) is 16.7 Å². The molecule has 0 aliphatic carbocycles. The van der Waals surface area contributed by atoms with Gasteiger partial charge in [-0.1, -0.05) is 43.0 Å².